The van der Waals surface area contributed by atoms with Gasteiger partial charge < -0.3 is 0 Å². The van der Waals surface area contributed by atoms with Crippen molar-refractivity contribution >= 4 is 37.3 Å². The van der Waals surface area contributed by atoms with Crippen LogP contribution in [0.4, 0.5) is 5.13 Å². The first kappa shape index (κ1) is 12.1. The standard InChI is InChI=1S/C13H10N2O2S2/c16-19(17,15-13-14-7-8-18-13)12-6-5-10-3-1-2-4-11(10)9-12/h1-9H,(H,14,15). The monoisotopic (exact) mass is 290 g/mol. The van der Waals surface area contributed by atoms with E-state index in [1.165, 1.54) is 11.3 Å². The zero-order valence-corrected chi connectivity index (χ0v) is 11.4. The Morgan fingerprint density at radius 2 is 1.84 bits per heavy atom. The molecule has 0 aliphatic carbocycles. The number of benzene rings is 2. The molecule has 0 amide bonds. The third kappa shape index (κ3) is 2.45. The highest BCUT2D eigenvalue weighted by Gasteiger charge is 2.15. The van der Waals surface area contributed by atoms with Crippen LogP contribution in [0, 0.1) is 0 Å². The molecule has 0 atom stereocenters. The van der Waals surface area contributed by atoms with Crippen molar-refractivity contribution in [1.29, 1.82) is 0 Å². The van der Waals surface area contributed by atoms with Crippen LogP contribution in [-0.2, 0) is 10.0 Å². The lowest BCUT2D eigenvalue weighted by molar-refractivity contribution is 0.601. The van der Waals surface area contributed by atoms with E-state index >= 15 is 0 Å². The summed E-state index contributed by atoms with van der Waals surface area (Å²) in [7, 11) is -3.58. The van der Waals surface area contributed by atoms with Crippen molar-refractivity contribution in [3.05, 3.63) is 54.0 Å². The maximum Gasteiger partial charge on any atom is 0.263 e. The van der Waals surface area contributed by atoms with E-state index in [0.29, 0.717) is 5.13 Å². The minimum atomic E-state index is -3.58. The molecular weight excluding hydrogens is 280 g/mol. The molecule has 0 saturated heterocycles. The molecule has 3 rings (SSSR count). The van der Waals surface area contributed by atoms with Gasteiger partial charge in [0.25, 0.3) is 10.0 Å². The van der Waals surface area contributed by atoms with Crippen molar-refractivity contribution < 1.29 is 8.42 Å². The minimum absolute atomic E-state index is 0.237. The van der Waals surface area contributed by atoms with Gasteiger partial charge >= 0.3 is 0 Å². The summed E-state index contributed by atoms with van der Waals surface area (Å²) in [5.41, 5.74) is 0. The summed E-state index contributed by atoms with van der Waals surface area (Å²) in [5.74, 6) is 0. The van der Waals surface area contributed by atoms with Gasteiger partial charge in [-0.2, -0.15) is 0 Å². The fraction of sp³-hybridized carbons (Fsp3) is 0. The fourth-order valence-electron chi connectivity index (χ4n) is 1.78. The SMILES string of the molecule is O=S(=O)(Nc1nccs1)c1ccc2ccccc2c1. The Kier molecular flexibility index (Phi) is 2.96. The number of anilines is 1. The van der Waals surface area contributed by atoms with Gasteiger partial charge in [0.15, 0.2) is 5.13 Å². The van der Waals surface area contributed by atoms with E-state index in [1.807, 2.05) is 24.3 Å². The number of fused-ring (bicyclic) bond motifs is 1. The lowest BCUT2D eigenvalue weighted by Crippen LogP contribution is -2.12. The van der Waals surface area contributed by atoms with Gasteiger partial charge in [0.1, 0.15) is 0 Å². The highest BCUT2D eigenvalue weighted by molar-refractivity contribution is 7.93. The van der Waals surface area contributed by atoms with Gasteiger partial charge in [0.05, 0.1) is 4.90 Å². The van der Waals surface area contributed by atoms with Gasteiger partial charge in [-0.1, -0.05) is 30.3 Å². The summed E-state index contributed by atoms with van der Waals surface area (Å²) in [5, 5.41) is 3.99. The van der Waals surface area contributed by atoms with Crippen LogP contribution in [0.25, 0.3) is 10.8 Å². The van der Waals surface area contributed by atoms with E-state index in [0.717, 1.165) is 10.8 Å². The molecule has 2 aromatic carbocycles. The maximum absolute atomic E-state index is 12.2. The molecule has 0 unspecified atom stereocenters. The van der Waals surface area contributed by atoms with Crippen LogP contribution in [-0.4, -0.2) is 13.4 Å². The molecule has 0 saturated carbocycles. The van der Waals surface area contributed by atoms with Crippen LogP contribution in [0.5, 0.6) is 0 Å². The van der Waals surface area contributed by atoms with Crippen LogP contribution < -0.4 is 4.72 Å². The number of hydrogen-bond donors (Lipinski definition) is 1. The van der Waals surface area contributed by atoms with Crippen molar-refractivity contribution in [3.8, 4) is 0 Å². The van der Waals surface area contributed by atoms with Crippen LogP contribution in [0.3, 0.4) is 0 Å². The van der Waals surface area contributed by atoms with Gasteiger partial charge in [0.2, 0.25) is 0 Å². The minimum Gasteiger partial charge on any atom is -0.255 e. The Morgan fingerprint density at radius 1 is 1.05 bits per heavy atom. The average molecular weight is 290 g/mol. The largest absolute Gasteiger partial charge is 0.263 e. The van der Waals surface area contributed by atoms with Gasteiger partial charge in [0, 0.05) is 11.6 Å². The number of rotatable bonds is 3. The van der Waals surface area contributed by atoms with Crippen molar-refractivity contribution in [1.82, 2.24) is 4.98 Å². The average Bonchev–Trinajstić information content (AvgIpc) is 2.90. The topological polar surface area (TPSA) is 59.1 Å². The molecule has 96 valence electrons. The molecule has 6 heteroatoms. The van der Waals surface area contributed by atoms with E-state index in [-0.39, 0.29) is 4.90 Å². The predicted octanol–water partition coefficient (Wildman–Crippen LogP) is 3.10. The third-order valence-corrected chi connectivity index (χ3v) is 4.84. The van der Waals surface area contributed by atoms with Crippen molar-refractivity contribution in [3.63, 3.8) is 0 Å². The molecule has 3 aromatic rings. The quantitative estimate of drug-likeness (QED) is 0.806. The van der Waals surface area contributed by atoms with E-state index in [9.17, 15) is 8.42 Å². The number of nitrogens with zero attached hydrogens (tertiary/aromatic N) is 1. The molecule has 0 aliphatic heterocycles. The van der Waals surface area contributed by atoms with Gasteiger partial charge in [-0.3, -0.25) is 4.72 Å². The molecule has 1 heterocycles. The Hall–Kier alpha value is -1.92. The number of nitrogens with one attached hydrogen (secondary N) is 1. The Labute approximate surface area is 114 Å². The molecule has 1 aromatic heterocycles. The molecular formula is C13H10N2O2S2. The number of sulfonamides is 1. The molecule has 0 aliphatic rings. The van der Waals surface area contributed by atoms with Crippen LogP contribution in [0.15, 0.2) is 58.9 Å². The van der Waals surface area contributed by atoms with Crippen molar-refractivity contribution in [2.24, 2.45) is 0 Å². The lowest BCUT2D eigenvalue weighted by atomic mass is 10.1. The van der Waals surface area contributed by atoms with Crippen molar-refractivity contribution in [2.75, 3.05) is 4.72 Å². The van der Waals surface area contributed by atoms with Gasteiger partial charge in [-0.15, -0.1) is 11.3 Å². The second-order valence-corrected chi connectivity index (χ2v) is 6.53. The van der Waals surface area contributed by atoms with Crippen molar-refractivity contribution in [2.45, 2.75) is 4.90 Å². The molecule has 4 nitrogen and oxygen atoms in total. The van der Waals surface area contributed by atoms with Gasteiger partial charge in [-0.05, 0) is 22.9 Å². The number of hydrogen-bond acceptors (Lipinski definition) is 4. The Balaban J connectivity index is 2.03. The normalized spacial score (nSPS) is 11.6. The maximum atomic E-state index is 12.2. The molecule has 0 fully saturated rings. The Bertz CT molecular complexity index is 812. The molecule has 0 spiro atoms. The zero-order valence-electron chi connectivity index (χ0n) is 9.78. The molecule has 0 radical (unpaired) electrons. The summed E-state index contributed by atoms with van der Waals surface area (Å²) in [6, 6.07) is 12.7. The first-order valence-corrected chi connectivity index (χ1v) is 7.92. The van der Waals surface area contributed by atoms with E-state index in [4.69, 9.17) is 0 Å². The summed E-state index contributed by atoms with van der Waals surface area (Å²) in [6.45, 7) is 0. The molecule has 19 heavy (non-hydrogen) atoms. The van der Waals surface area contributed by atoms with Gasteiger partial charge in [-0.25, -0.2) is 13.4 Å². The number of thiazole rings is 1. The smallest absolute Gasteiger partial charge is 0.255 e. The Morgan fingerprint density at radius 3 is 2.58 bits per heavy atom. The van der Waals surface area contributed by atoms with Crippen LogP contribution >= 0.6 is 11.3 Å². The summed E-state index contributed by atoms with van der Waals surface area (Å²) < 4.78 is 26.9. The van der Waals surface area contributed by atoms with E-state index < -0.39 is 10.0 Å². The van der Waals surface area contributed by atoms with Crippen LogP contribution in [0.1, 0.15) is 0 Å². The second-order valence-electron chi connectivity index (χ2n) is 3.95. The molecule has 1 N–H and O–H groups in total. The predicted molar refractivity (Wildman–Crippen MR) is 76.9 cm³/mol. The lowest BCUT2D eigenvalue weighted by Gasteiger charge is -2.06. The van der Waals surface area contributed by atoms with E-state index in [2.05, 4.69) is 9.71 Å². The zero-order chi connectivity index (χ0) is 13.3. The summed E-state index contributed by atoms with van der Waals surface area (Å²) >= 11 is 1.25. The first-order chi connectivity index (χ1) is 9.15. The van der Waals surface area contributed by atoms with Crippen LogP contribution in [0.2, 0.25) is 0 Å². The highest BCUT2D eigenvalue weighted by Crippen LogP contribution is 2.22. The third-order valence-electron chi connectivity index (χ3n) is 2.69. The second kappa shape index (κ2) is 4.64. The number of aromatic nitrogens is 1. The first-order valence-electron chi connectivity index (χ1n) is 5.56. The highest BCUT2D eigenvalue weighted by atomic mass is 32.2. The fourth-order valence-corrected chi connectivity index (χ4v) is 3.61. The van der Waals surface area contributed by atoms with E-state index in [1.54, 1.807) is 29.8 Å². The molecule has 0 bridgehead atoms. The summed E-state index contributed by atoms with van der Waals surface area (Å²) in [6.07, 6.45) is 1.56. The summed E-state index contributed by atoms with van der Waals surface area (Å²) in [4.78, 5) is 4.15.